The van der Waals surface area contributed by atoms with E-state index < -0.39 is 41.4 Å². The third-order valence-electron chi connectivity index (χ3n) is 8.43. The molecule has 2 aromatic carbocycles. The number of rotatable bonds is 4. The second-order valence-corrected chi connectivity index (χ2v) is 10.9. The number of halogens is 8. The van der Waals surface area contributed by atoms with Crippen molar-refractivity contribution in [3.63, 3.8) is 0 Å². The summed E-state index contributed by atoms with van der Waals surface area (Å²) in [6, 6.07) is 7.85. The quantitative estimate of drug-likeness (QED) is 0.474. The predicted molar refractivity (Wildman–Crippen MR) is 127 cm³/mol. The lowest BCUT2D eigenvalue weighted by molar-refractivity contribution is -0.348. The van der Waals surface area contributed by atoms with Crippen molar-refractivity contribution in [2.45, 2.75) is 62.1 Å². The number of amides is 2. The molecule has 0 aromatic heterocycles. The van der Waals surface area contributed by atoms with E-state index in [4.69, 9.17) is 0 Å². The van der Waals surface area contributed by atoms with Gasteiger partial charge in [0.05, 0.1) is 12.6 Å². The average Bonchev–Trinajstić information content (AvgIpc) is 3.30. The molecule has 2 amide bonds. The van der Waals surface area contributed by atoms with Crippen molar-refractivity contribution in [3.05, 3.63) is 70.5 Å². The molecule has 3 unspecified atom stereocenters. The van der Waals surface area contributed by atoms with Crippen LogP contribution in [-0.4, -0.2) is 48.2 Å². The zero-order valence-electron chi connectivity index (χ0n) is 21.1. The molecule has 4 nitrogen and oxygen atoms in total. The number of carbonyl (C=O) groups is 2. The zero-order chi connectivity index (χ0) is 29.0. The Morgan fingerprint density at radius 2 is 1.68 bits per heavy atom. The van der Waals surface area contributed by atoms with E-state index in [0.717, 1.165) is 6.07 Å². The van der Waals surface area contributed by atoms with Gasteiger partial charge in [-0.25, -0.2) is 8.78 Å². The first kappa shape index (κ1) is 28.4. The fourth-order valence-electron chi connectivity index (χ4n) is 6.66. The van der Waals surface area contributed by atoms with Gasteiger partial charge in [-0.1, -0.05) is 30.3 Å². The lowest BCUT2D eigenvalue weighted by Crippen LogP contribution is -2.57. The van der Waals surface area contributed by atoms with Crippen molar-refractivity contribution < 1.29 is 44.7 Å². The minimum Gasteiger partial charge on any atom is -0.350 e. The second-order valence-electron chi connectivity index (χ2n) is 10.9. The van der Waals surface area contributed by atoms with Crippen LogP contribution >= 0.6 is 0 Å². The van der Waals surface area contributed by atoms with Crippen LogP contribution in [0, 0.1) is 17.7 Å². The topological polar surface area (TPSA) is 49.4 Å². The highest BCUT2D eigenvalue weighted by atomic mass is 19.4. The normalized spacial score (nSPS) is 25.3. The smallest absolute Gasteiger partial charge is 0.350 e. The summed E-state index contributed by atoms with van der Waals surface area (Å²) in [6.07, 6.45) is -10.7. The summed E-state index contributed by atoms with van der Waals surface area (Å²) >= 11 is 0. The Balaban J connectivity index is 1.33. The summed E-state index contributed by atoms with van der Waals surface area (Å²) < 4.78 is 108. The van der Waals surface area contributed by atoms with Gasteiger partial charge >= 0.3 is 18.0 Å². The molecule has 4 atom stereocenters. The number of aryl methyl sites for hydroxylation is 1. The first-order valence-corrected chi connectivity index (χ1v) is 13.0. The first-order valence-electron chi connectivity index (χ1n) is 13.0. The zero-order valence-corrected chi connectivity index (χ0v) is 21.1. The van der Waals surface area contributed by atoms with Gasteiger partial charge in [-0.05, 0) is 72.8 Å². The molecule has 1 saturated carbocycles. The molecule has 1 saturated heterocycles. The molecule has 5 rings (SSSR count). The number of hydrogen-bond acceptors (Lipinski definition) is 2. The second kappa shape index (κ2) is 10.0. The maximum Gasteiger partial charge on any atom is 0.435 e. The number of hydrogen-bond donors (Lipinski definition) is 1. The molecule has 3 aliphatic rings. The largest absolute Gasteiger partial charge is 0.435 e. The Hall–Kier alpha value is -3.18. The van der Waals surface area contributed by atoms with Crippen LogP contribution in [0.25, 0.3) is 0 Å². The summed E-state index contributed by atoms with van der Waals surface area (Å²) in [5, 5.41) is 2.82. The van der Waals surface area contributed by atoms with E-state index in [0.29, 0.717) is 48.9 Å². The average molecular weight is 575 g/mol. The van der Waals surface area contributed by atoms with Gasteiger partial charge in [-0.2, -0.15) is 26.3 Å². The molecule has 1 aliphatic heterocycles. The van der Waals surface area contributed by atoms with Crippen LogP contribution in [0.4, 0.5) is 35.1 Å². The number of carbonyl (C=O) groups excluding carboxylic acids is 2. The maximum atomic E-state index is 14.6. The Morgan fingerprint density at radius 3 is 2.35 bits per heavy atom. The van der Waals surface area contributed by atoms with Gasteiger partial charge in [0, 0.05) is 18.0 Å². The van der Waals surface area contributed by atoms with Gasteiger partial charge < -0.3 is 10.2 Å². The molecule has 0 spiro atoms. The van der Waals surface area contributed by atoms with E-state index in [2.05, 4.69) is 5.32 Å². The van der Waals surface area contributed by atoms with Crippen LogP contribution in [-0.2, 0) is 28.1 Å². The summed E-state index contributed by atoms with van der Waals surface area (Å²) in [4.78, 5) is 27.4. The molecule has 12 heteroatoms. The molecule has 2 aliphatic carbocycles. The van der Waals surface area contributed by atoms with Crippen LogP contribution < -0.4 is 5.32 Å². The van der Waals surface area contributed by atoms with Crippen molar-refractivity contribution in [1.29, 1.82) is 0 Å². The molecule has 1 heterocycles. The molecule has 40 heavy (non-hydrogen) atoms. The Morgan fingerprint density at radius 1 is 0.950 bits per heavy atom. The minimum atomic E-state index is -6.19. The summed E-state index contributed by atoms with van der Waals surface area (Å²) in [7, 11) is 0. The summed E-state index contributed by atoms with van der Waals surface area (Å²) in [5.41, 5.74) is -5.58. The SMILES string of the molecule is O=C1CN(C(=O)[C@@H]2CCC3c4ccc(C(F)(C(F)(F)F)C(F)(F)F)cc4CCC32)CC(Cc2cccc(F)c2)N1. The fourth-order valence-corrected chi connectivity index (χ4v) is 6.66. The van der Waals surface area contributed by atoms with E-state index in [1.807, 2.05) is 0 Å². The number of nitrogens with zero attached hydrogens (tertiary/aromatic N) is 1. The monoisotopic (exact) mass is 574 g/mol. The molecular weight excluding hydrogens is 548 g/mol. The van der Waals surface area contributed by atoms with E-state index in [-0.39, 0.29) is 48.7 Å². The van der Waals surface area contributed by atoms with Crippen molar-refractivity contribution in [1.82, 2.24) is 10.2 Å². The van der Waals surface area contributed by atoms with Crippen molar-refractivity contribution in [3.8, 4) is 0 Å². The number of alkyl halides is 7. The Bertz CT molecular complexity index is 1290. The van der Waals surface area contributed by atoms with Crippen molar-refractivity contribution in [2.75, 3.05) is 13.1 Å². The number of piperazine rings is 1. The lowest BCUT2D eigenvalue weighted by atomic mass is 9.73. The van der Waals surface area contributed by atoms with Gasteiger partial charge in [0.15, 0.2) is 0 Å². The van der Waals surface area contributed by atoms with E-state index in [1.165, 1.54) is 17.0 Å². The van der Waals surface area contributed by atoms with Gasteiger partial charge in [0.25, 0.3) is 0 Å². The number of benzene rings is 2. The highest BCUT2D eigenvalue weighted by Gasteiger charge is 2.73. The predicted octanol–water partition coefficient (Wildman–Crippen LogP) is 5.74. The Kier molecular flexibility index (Phi) is 7.11. The first-order chi connectivity index (χ1) is 18.7. The third kappa shape index (κ3) is 4.94. The van der Waals surface area contributed by atoms with Gasteiger partial charge in [-0.15, -0.1) is 0 Å². The summed E-state index contributed by atoms with van der Waals surface area (Å²) in [5.74, 6) is -1.95. The third-order valence-corrected chi connectivity index (χ3v) is 8.43. The van der Waals surface area contributed by atoms with E-state index >= 15 is 0 Å². The van der Waals surface area contributed by atoms with Crippen LogP contribution in [0.15, 0.2) is 42.5 Å². The molecule has 2 aromatic rings. The van der Waals surface area contributed by atoms with Gasteiger partial charge in [0.2, 0.25) is 11.8 Å². The molecule has 1 N–H and O–H groups in total. The maximum absolute atomic E-state index is 14.6. The minimum absolute atomic E-state index is 0.0998. The fraction of sp³-hybridized carbons (Fsp3) is 0.500. The van der Waals surface area contributed by atoms with E-state index in [9.17, 15) is 44.7 Å². The molecular formula is C28H26F8N2O2. The van der Waals surface area contributed by atoms with Crippen molar-refractivity contribution in [2.24, 2.45) is 11.8 Å². The molecule has 0 bridgehead atoms. The lowest BCUT2D eigenvalue weighted by Gasteiger charge is -2.37. The van der Waals surface area contributed by atoms with Crippen LogP contribution in [0.2, 0.25) is 0 Å². The highest BCUT2D eigenvalue weighted by Crippen LogP contribution is 2.55. The molecule has 0 radical (unpaired) electrons. The Labute approximate surface area is 224 Å². The molecule has 2 fully saturated rings. The van der Waals surface area contributed by atoms with Crippen LogP contribution in [0.1, 0.15) is 47.4 Å². The van der Waals surface area contributed by atoms with Gasteiger partial charge in [0.1, 0.15) is 5.82 Å². The number of fused-ring (bicyclic) bond motifs is 3. The molecule has 216 valence electrons. The van der Waals surface area contributed by atoms with Gasteiger partial charge in [-0.3, -0.25) is 9.59 Å². The number of nitrogens with one attached hydrogen (secondary N) is 1. The van der Waals surface area contributed by atoms with Crippen molar-refractivity contribution >= 4 is 11.8 Å². The highest BCUT2D eigenvalue weighted by molar-refractivity contribution is 5.87. The van der Waals surface area contributed by atoms with Crippen LogP contribution in [0.5, 0.6) is 0 Å². The van der Waals surface area contributed by atoms with Crippen LogP contribution in [0.3, 0.4) is 0 Å². The van der Waals surface area contributed by atoms with E-state index in [1.54, 1.807) is 12.1 Å². The summed E-state index contributed by atoms with van der Waals surface area (Å²) in [6.45, 7) is 0.0855. The standard InChI is InChI=1S/C28H26F8N2O2/c29-18-3-1-2-15(10-18)11-19-13-38(14-24(39)37-19)25(40)23-9-8-21-20-7-5-17(12-16(20)4-6-22(21)23)26(30,27(31,32)33)28(34,35)36/h1-3,5,7,10,12,19,21-23H,4,6,8-9,11,13-14H2,(H,37,39)/t19?,21?,22?,23-/m1/s1.